The third-order valence-electron chi connectivity index (χ3n) is 3.19. The smallest absolute Gasteiger partial charge is 0.345 e. The summed E-state index contributed by atoms with van der Waals surface area (Å²) in [4.78, 5) is 12.2. The maximum absolute atomic E-state index is 11.0. The van der Waals surface area contributed by atoms with Crippen molar-refractivity contribution in [3.05, 3.63) is 50.2 Å². The van der Waals surface area contributed by atoms with Crippen LogP contribution in [-0.2, 0) is 6.61 Å². The quantitative estimate of drug-likeness (QED) is 0.932. The lowest BCUT2D eigenvalue weighted by atomic mass is 10.1. The molecule has 0 amide bonds. The predicted molar refractivity (Wildman–Crippen MR) is 81.0 cm³/mol. The summed E-state index contributed by atoms with van der Waals surface area (Å²) in [6.45, 7) is 6.00. The first-order valence-corrected chi connectivity index (χ1v) is 7.20. The molecule has 2 aromatic rings. The summed E-state index contributed by atoms with van der Waals surface area (Å²) in [5.74, 6) is -0.170. The molecule has 0 spiro atoms. The Bertz CT molecular complexity index is 717. The maximum atomic E-state index is 11.0. The summed E-state index contributed by atoms with van der Waals surface area (Å²) in [6.07, 6.45) is 0. The van der Waals surface area contributed by atoms with Gasteiger partial charge in [-0.15, -0.1) is 11.3 Å². The van der Waals surface area contributed by atoms with E-state index in [9.17, 15) is 4.79 Å². The van der Waals surface area contributed by atoms with Gasteiger partial charge >= 0.3 is 5.97 Å². The van der Waals surface area contributed by atoms with Crippen molar-refractivity contribution in [3.63, 3.8) is 0 Å². The second-order valence-corrected chi connectivity index (χ2v) is 6.09. The number of carboxylic acids is 1. The van der Waals surface area contributed by atoms with Crippen LogP contribution in [0.5, 0.6) is 5.75 Å². The summed E-state index contributed by atoms with van der Waals surface area (Å²) in [5.41, 5.74) is 3.29. The van der Waals surface area contributed by atoms with Gasteiger partial charge in [0.25, 0.3) is 0 Å². The zero-order valence-corrected chi connectivity index (χ0v) is 12.9. The van der Waals surface area contributed by atoms with E-state index in [1.807, 2.05) is 20.8 Å². The number of benzene rings is 1. The van der Waals surface area contributed by atoms with Gasteiger partial charge in [0.2, 0.25) is 0 Å². The molecule has 0 saturated heterocycles. The van der Waals surface area contributed by atoms with E-state index in [2.05, 4.69) is 6.07 Å². The molecule has 5 heteroatoms. The standard InChI is InChI=1S/C16H15NO3S/c1-9-4-12(7-17)5-10(2)15(9)20-8-13-6-14(16(18)19)21-11(13)3/h4-6H,8H2,1-3H3,(H,18,19). The number of hydrogen-bond donors (Lipinski definition) is 1. The third-order valence-corrected chi connectivity index (χ3v) is 4.27. The lowest BCUT2D eigenvalue weighted by molar-refractivity contribution is 0.0702. The Hall–Kier alpha value is -2.32. The number of aryl methyl sites for hydroxylation is 3. The van der Waals surface area contributed by atoms with E-state index in [1.54, 1.807) is 18.2 Å². The zero-order chi connectivity index (χ0) is 15.6. The first kappa shape index (κ1) is 15.1. The van der Waals surface area contributed by atoms with E-state index >= 15 is 0 Å². The molecule has 108 valence electrons. The Morgan fingerprint density at radius 3 is 2.38 bits per heavy atom. The van der Waals surface area contributed by atoms with Crippen molar-refractivity contribution in [2.75, 3.05) is 0 Å². The molecule has 1 heterocycles. The number of aromatic carboxylic acids is 1. The molecule has 21 heavy (non-hydrogen) atoms. The first-order valence-electron chi connectivity index (χ1n) is 6.39. The molecule has 0 aliphatic rings. The summed E-state index contributed by atoms with van der Waals surface area (Å²) < 4.78 is 5.83. The highest BCUT2D eigenvalue weighted by Gasteiger charge is 2.13. The van der Waals surface area contributed by atoms with Crippen LogP contribution in [0.15, 0.2) is 18.2 Å². The van der Waals surface area contributed by atoms with E-state index in [-0.39, 0.29) is 0 Å². The highest BCUT2D eigenvalue weighted by Crippen LogP contribution is 2.28. The van der Waals surface area contributed by atoms with Crippen LogP contribution in [0.25, 0.3) is 0 Å². The molecular weight excluding hydrogens is 286 g/mol. The lowest BCUT2D eigenvalue weighted by Crippen LogP contribution is -2.00. The average molecular weight is 301 g/mol. The van der Waals surface area contributed by atoms with Crippen LogP contribution in [0.1, 0.15) is 36.8 Å². The summed E-state index contributed by atoms with van der Waals surface area (Å²) in [7, 11) is 0. The molecular formula is C16H15NO3S. The Kier molecular flexibility index (Phi) is 4.29. The van der Waals surface area contributed by atoms with E-state index in [0.29, 0.717) is 17.0 Å². The van der Waals surface area contributed by atoms with Crippen molar-refractivity contribution >= 4 is 17.3 Å². The summed E-state index contributed by atoms with van der Waals surface area (Å²) >= 11 is 1.25. The number of carboxylic acid groups (broad SMARTS) is 1. The monoisotopic (exact) mass is 301 g/mol. The van der Waals surface area contributed by atoms with E-state index in [4.69, 9.17) is 15.1 Å². The average Bonchev–Trinajstić information content (AvgIpc) is 2.79. The zero-order valence-electron chi connectivity index (χ0n) is 12.1. The summed E-state index contributed by atoms with van der Waals surface area (Å²) in [6, 6.07) is 7.33. The number of carbonyl (C=O) groups is 1. The van der Waals surface area contributed by atoms with Crippen molar-refractivity contribution in [1.29, 1.82) is 5.26 Å². The lowest BCUT2D eigenvalue weighted by Gasteiger charge is -2.12. The summed E-state index contributed by atoms with van der Waals surface area (Å²) in [5, 5.41) is 17.9. The Balaban J connectivity index is 2.21. The predicted octanol–water partition coefficient (Wildman–Crippen LogP) is 3.82. The van der Waals surface area contributed by atoms with Crippen LogP contribution in [0.3, 0.4) is 0 Å². The normalized spacial score (nSPS) is 10.2. The molecule has 1 aromatic heterocycles. The molecule has 0 unspecified atom stereocenters. The van der Waals surface area contributed by atoms with Crippen LogP contribution >= 0.6 is 11.3 Å². The van der Waals surface area contributed by atoms with E-state index in [0.717, 1.165) is 27.3 Å². The molecule has 0 aliphatic carbocycles. The molecule has 1 aromatic carbocycles. The second-order valence-electron chi connectivity index (χ2n) is 4.84. The van der Waals surface area contributed by atoms with E-state index in [1.165, 1.54) is 11.3 Å². The molecule has 0 aliphatic heterocycles. The Morgan fingerprint density at radius 2 is 1.90 bits per heavy atom. The van der Waals surface area contributed by atoms with Gasteiger partial charge in [-0.25, -0.2) is 4.79 Å². The van der Waals surface area contributed by atoms with Gasteiger partial charge in [-0.05, 0) is 50.1 Å². The second kappa shape index (κ2) is 5.98. The minimum absolute atomic E-state index is 0.319. The number of hydrogen-bond acceptors (Lipinski definition) is 4. The SMILES string of the molecule is Cc1cc(C#N)cc(C)c1OCc1cc(C(=O)O)sc1C. The number of thiophene rings is 1. The minimum Gasteiger partial charge on any atom is -0.488 e. The van der Waals surface area contributed by atoms with Crippen molar-refractivity contribution in [2.24, 2.45) is 0 Å². The molecule has 0 radical (unpaired) electrons. The van der Waals surface area contributed by atoms with Crippen LogP contribution in [0.4, 0.5) is 0 Å². The van der Waals surface area contributed by atoms with Crippen molar-refractivity contribution in [2.45, 2.75) is 27.4 Å². The van der Waals surface area contributed by atoms with Gasteiger partial charge in [-0.2, -0.15) is 5.26 Å². The van der Waals surface area contributed by atoms with Gasteiger partial charge < -0.3 is 9.84 Å². The van der Waals surface area contributed by atoms with Crippen LogP contribution < -0.4 is 4.74 Å². The van der Waals surface area contributed by atoms with Crippen molar-refractivity contribution in [3.8, 4) is 11.8 Å². The van der Waals surface area contributed by atoms with Gasteiger partial charge in [0.15, 0.2) is 0 Å². The Morgan fingerprint density at radius 1 is 1.29 bits per heavy atom. The minimum atomic E-state index is -0.917. The fourth-order valence-corrected chi connectivity index (χ4v) is 3.03. The number of rotatable bonds is 4. The fraction of sp³-hybridized carbons (Fsp3) is 0.250. The van der Waals surface area contributed by atoms with Gasteiger partial charge in [0, 0.05) is 10.4 Å². The van der Waals surface area contributed by atoms with Crippen molar-refractivity contribution < 1.29 is 14.6 Å². The number of ether oxygens (including phenoxy) is 1. The van der Waals surface area contributed by atoms with Crippen LogP contribution in [-0.4, -0.2) is 11.1 Å². The van der Waals surface area contributed by atoms with Crippen LogP contribution in [0.2, 0.25) is 0 Å². The van der Waals surface area contributed by atoms with Gasteiger partial charge in [0.05, 0.1) is 11.6 Å². The van der Waals surface area contributed by atoms with E-state index < -0.39 is 5.97 Å². The van der Waals surface area contributed by atoms with Crippen LogP contribution in [0, 0.1) is 32.1 Å². The fourth-order valence-electron chi connectivity index (χ4n) is 2.16. The molecule has 0 bridgehead atoms. The first-order chi connectivity index (χ1) is 9.92. The number of nitriles is 1. The van der Waals surface area contributed by atoms with Gasteiger partial charge in [-0.1, -0.05) is 0 Å². The topological polar surface area (TPSA) is 70.3 Å². The Labute approximate surface area is 127 Å². The highest BCUT2D eigenvalue weighted by molar-refractivity contribution is 7.14. The number of nitrogens with zero attached hydrogens (tertiary/aromatic N) is 1. The molecule has 0 saturated carbocycles. The molecule has 4 nitrogen and oxygen atoms in total. The van der Waals surface area contributed by atoms with Gasteiger partial charge in [-0.3, -0.25) is 0 Å². The molecule has 1 N–H and O–H groups in total. The highest BCUT2D eigenvalue weighted by atomic mass is 32.1. The van der Waals surface area contributed by atoms with Gasteiger partial charge in [0.1, 0.15) is 17.2 Å². The molecule has 0 fully saturated rings. The maximum Gasteiger partial charge on any atom is 0.345 e. The van der Waals surface area contributed by atoms with Crippen molar-refractivity contribution in [1.82, 2.24) is 0 Å². The third kappa shape index (κ3) is 3.23. The molecule has 2 rings (SSSR count). The largest absolute Gasteiger partial charge is 0.488 e. The molecule has 0 atom stereocenters.